The van der Waals surface area contributed by atoms with Gasteiger partial charge < -0.3 is 4.57 Å². The monoisotopic (exact) mass is 350 g/mol. The number of rotatable bonds is 3. The standard InChI is InChI=1S/C23H27FN2/c1-15-6-5-7-18(12-15)10-11-26-21-13-17(3)25(4)14-19(21)22-16(2)8-9-20(24)23(22)26/h5-9,12,17H,10-11,13-14H2,1-4H3. The average Bonchev–Trinajstić information content (AvgIpc) is 2.91. The summed E-state index contributed by atoms with van der Waals surface area (Å²) in [5, 5.41) is 1.13. The smallest absolute Gasteiger partial charge is 0.147 e. The van der Waals surface area contributed by atoms with Gasteiger partial charge in [-0.1, -0.05) is 35.9 Å². The van der Waals surface area contributed by atoms with Crippen LogP contribution in [0, 0.1) is 19.7 Å². The summed E-state index contributed by atoms with van der Waals surface area (Å²) in [7, 11) is 2.16. The number of hydrogen-bond acceptors (Lipinski definition) is 1. The van der Waals surface area contributed by atoms with Crippen LogP contribution < -0.4 is 0 Å². The maximum atomic E-state index is 14.9. The molecule has 136 valence electrons. The van der Waals surface area contributed by atoms with E-state index in [1.165, 1.54) is 27.9 Å². The predicted molar refractivity (Wildman–Crippen MR) is 106 cm³/mol. The molecule has 0 saturated carbocycles. The van der Waals surface area contributed by atoms with E-state index in [-0.39, 0.29) is 5.82 Å². The summed E-state index contributed by atoms with van der Waals surface area (Å²) in [6.45, 7) is 8.21. The maximum absolute atomic E-state index is 14.9. The zero-order valence-electron chi connectivity index (χ0n) is 16.1. The second kappa shape index (κ2) is 6.55. The summed E-state index contributed by atoms with van der Waals surface area (Å²) in [5.41, 5.74) is 7.21. The first-order valence-electron chi connectivity index (χ1n) is 9.50. The zero-order chi connectivity index (χ0) is 18.4. The predicted octanol–water partition coefficient (Wildman–Crippen LogP) is 5.02. The van der Waals surface area contributed by atoms with Gasteiger partial charge in [0.15, 0.2) is 0 Å². The number of aryl methyl sites for hydroxylation is 4. The van der Waals surface area contributed by atoms with Gasteiger partial charge in [0.1, 0.15) is 5.82 Å². The molecule has 1 atom stereocenters. The summed E-state index contributed by atoms with van der Waals surface area (Å²) in [6.07, 6.45) is 1.91. The Labute approximate surface area is 155 Å². The van der Waals surface area contributed by atoms with Crippen LogP contribution in [0.4, 0.5) is 4.39 Å². The molecule has 0 N–H and O–H groups in total. The van der Waals surface area contributed by atoms with E-state index in [1.807, 2.05) is 6.07 Å². The van der Waals surface area contributed by atoms with Crippen LogP contribution in [-0.2, 0) is 25.9 Å². The Balaban J connectivity index is 1.83. The highest BCUT2D eigenvalue weighted by atomic mass is 19.1. The molecule has 1 unspecified atom stereocenters. The SMILES string of the molecule is Cc1cccc(CCn2c3c(c4c(C)ccc(F)c42)CN(C)C(C)C3)c1. The molecule has 0 saturated heterocycles. The number of likely N-dealkylation sites (N-methyl/N-ethyl adjacent to an activating group) is 1. The first-order chi connectivity index (χ1) is 12.5. The summed E-state index contributed by atoms with van der Waals surface area (Å²) in [5.74, 6) is -0.0976. The van der Waals surface area contributed by atoms with E-state index < -0.39 is 0 Å². The molecule has 0 spiro atoms. The van der Waals surface area contributed by atoms with Crippen LogP contribution in [0.3, 0.4) is 0 Å². The van der Waals surface area contributed by atoms with Gasteiger partial charge in [-0.05, 0) is 57.0 Å². The molecule has 2 nitrogen and oxygen atoms in total. The lowest BCUT2D eigenvalue weighted by molar-refractivity contribution is 0.228. The molecular formula is C23H27FN2. The first-order valence-corrected chi connectivity index (χ1v) is 9.50. The van der Waals surface area contributed by atoms with Gasteiger partial charge in [0.25, 0.3) is 0 Å². The fourth-order valence-corrected chi connectivity index (χ4v) is 4.35. The fraction of sp³-hybridized carbons (Fsp3) is 0.391. The van der Waals surface area contributed by atoms with E-state index in [2.05, 4.69) is 61.6 Å². The molecule has 1 aromatic heterocycles. The van der Waals surface area contributed by atoms with Crippen molar-refractivity contribution in [2.24, 2.45) is 0 Å². The Bertz CT molecular complexity index is 970. The average molecular weight is 350 g/mol. The summed E-state index contributed by atoms with van der Waals surface area (Å²) < 4.78 is 17.1. The van der Waals surface area contributed by atoms with Crippen LogP contribution in [0.5, 0.6) is 0 Å². The van der Waals surface area contributed by atoms with Crippen molar-refractivity contribution in [3.8, 4) is 0 Å². The van der Waals surface area contributed by atoms with Gasteiger partial charge in [-0.25, -0.2) is 4.39 Å². The first kappa shape index (κ1) is 17.3. The highest BCUT2D eigenvalue weighted by Gasteiger charge is 2.28. The highest BCUT2D eigenvalue weighted by molar-refractivity contribution is 5.89. The van der Waals surface area contributed by atoms with Gasteiger partial charge in [0.05, 0.1) is 5.52 Å². The van der Waals surface area contributed by atoms with Gasteiger partial charge in [0, 0.05) is 36.6 Å². The van der Waals surface area contributed by atoms with Gasteiger partial charge in [-0.3, -0.25) is 4.90 Å². The minimum Gasteiger partial charge on any atom is -0.341 e. The van der Waals surface area contributed by atoms with Crippen LogP contribution >= 0.6 is 0 Å². The highest BCUT2D eigenvalue weighted by Crippen LogP contribution is 2.36. The normalized spacial score (nSPS) is 17.7. The number of hydrogen-bond donors (Lipinski definition) is 0. The summed E-state index contributed by atoms with van der Waals surface area (Å²) in [6, 6.07) is 12.7. The molecule has 0 bridgehead atoms. The van der Waals surface area contributed by atoms with Crippen molar-refractivity contribution in [1.82, 2.24) is 9.47 Å². The Morgan fingerprint density at radius 1 is 1.15 bits per heavy atom. The number of fused-ring (bicyclic) bond motifs is 3. The lowest BCUT2D eigenvalue weighted by atomic mass is 9.98. The molecule has 0 fully saturated rings. The molecule has 0 aliphatic carbocycles. The molecular weight excluding hydrogens is 323 g/mol. The third kappa shape index (κ3) is 2.84. The lowest BCUT2D eigenvalue weighted by Crippen LogP contribution is -2.35. The van der Waals surface area contributed by atoms with E-state index in [9.17, 15) is 4.39 Å². The molecule has 2 aromatic carbocycles. The van der Waals surface area contributed by atoms with E-state index >= 15 is 0 Å². The molecule has 2 heterocycles. The van der Waals surface area contributed by atoms with E-state index in [0.717, 1.165) is 36.8 Å². The zero-order valence-corrected chi connectivity index (χ0v) is 16.1. The third-order valence-electron chi connectivity index (χ3n) is 5.94. The molecule has 26 heavy (non-hydrogen) atoms. The number of benzene rings is 2. The van der Waals surface area contributed by atoms with Crippen LogP contribution in [0.2, 0.25) is 0 Å². The van der Waals surface area contributed by atoms with Crippen LogP contribution in [0.15, 0.2) is 36.4 Å². The second-order valence-corrected chi connectivity index (χ2v) is 7.87. The minimum atomic E-state index is -0.0976. The van der Waals surface area contributed by atoms with Crippen molar-refractivity contribution < 1.29 is 4.39 Å². The minimum absolute atomic E-state index is 0.0976. The van der Waals surface area contributed by atoms with Gasteiger partial charge >= 0.3 is 0 Å². The Kier molecular flexibility index (Phi) is 4.36. The van der Waals surface area contributed by atoms with Crippen molar-refractivity contribution >= 4 is 10.9 Å². The van der Waals surface area contributed by atoms with Crippen molar-refractivity contribution in [3.63, 3.8) is 0 Å². The van der Waals surface area contributed by atoms with Crippen LogP contribution in [-0.4, -0.2) is 22.6 Å². The van der Waals surface area contributed by atoms with Crippen molar-refractivity contribution in [3.05, 3.63) is 70.2 Å². The topological polar surface area (TPSA) is 8.17 Å². The van der Waals surface area contributed by atoms with Gasteiger partial charge in [-0.15, -0.1) is 0 Å². The quantitative estimate of drug-likeness (QED) is 0.644. The van der Waals surface area contributed by atoms with Gasteiger partial charge in [0.2, 0.25) is 0 Å². The Morgan fingerprint density at radius 3 is 2.73 bits per heavy atom. The Hall–Kier alpha value is -2.13. The molecule has 0 radical (unpaired) electrons. The lowest BCUT2D eigenvalue weighted by Gasteiger charge is -2.31. The van der Waals surface area contributed by atoms with Crippen LogP contribution in [0.25, 0.3) is 10.9 Å². The van der Waals surface area contributed by atoms with Crippen molar-refractivity contribution in [1.29, 1.82) is 0 Å². The molecule has 1 aliphatic heterocycles. The number of aromatic nitrogens is 1. The summed E-state index contributed by atoms with van der Waals surface area (Å²) >= 11 is 0. The second-order valence-electron chi connectivity index (χ2n) is 7.87. The van der Waals surface area contributed by atoms with E-state index in [4.69, 9.17) is 0 Å². The largest absolute Gasteiger partial charge is 0.341 e. The van der Waals surface area contributed by atoms with Gasteiger partial charge in [-0.2, -0.15) is 0 Å². The van der Waals surface area contributed by atoms with E-state index in [0.29, 0.717) is 6.04 Å². The molecule has 1 aliphatic rings. The van der Waals surface area contributed by atoms with Crippen LogP contribution in [0.1, 0.15) is 34.9 Å². The van der Waals surface area contributed by atoms with Crippen molar-refractivity contribution in [2.75, 3.05) is 7.05 Å². The number of nitrogens with zero attached hydrogens (tertiary/aromatic N) is 2. The summed E-state index contributed by atoms with van der Waals surface area (Å²) in [4.78, 5) is 2.37. The molecule has 4 rings (SSSR count). The Morgan fingerprint density at radius 2 is 1.96 bits per heavy atom. The molecule has 3 aromatic rings. The molecule has 0 amide bonds. The fourth-order valence-electron chi connectivity index (χ4n) is 4.35. The maximum Gasteiger partial charge on any atom is 0.147 e. The third-order valence-corrected chi connectivity index (χ3v) is 5.94. The number of halogens is 1. The molecule has 3 heteroatoms. The van der Waals surface area contributed by atoms with E-state index in [1.54, 1.807) is 6.07 Å². The van der Waals surface area contributed by atoms with Crippen molar-refractivity contribution in [2.45, 2.75) is 52.7 Å².